The average molecular weight is 210 g/mol. The maximum Gasteiger partial charge on any atom is 0.165 e. The predicted molar refractivity (Wildman–Crippen MR) is 53.9 cm³/mol. The summed E-state index contributed by atoms with van der Waals surface area (Å²) in [6, 6.07) is 0. The molecule has 1 heterocycles. The lowest BCUT2D eigenvalue weighted by Gasteiger charge is -2.42. The molecule has 0 spiro atoms. The van der Waals surface area contributed by atoms with Crippen molar-refractivity contribution in [2.24, 2.45) is 0 Å². The normalized spacial score (nSPS) is 36.3. The van der Waals surface area contributed by atoms with Crippen molar-refractivity contribution < 1.29 is 13.9 Å². The van der Waals surface area contributed by atoms with Gasteiger partial charge in [-0.2, -0.15) is 10.6 Å². The van der Waals surface area contributed by atoms with Crippen LogP contribution in [0.2, 0.25) is 0 Å². The third kappa shape index (κ3) is 1.28. The molecule has 0 bridgehead atoms. The highest BCUT2D eigenvalue weighted by molar-refractivity contribution is 8.37. The summed E-state index contributed by atoms with van der Waals surface area (Å²) in [4.78, 5) is 11.3. The molecule has 0 unspecified atom stereocenters. The van der Waals surface area contributed by atoms with Crippen LogP contribution in [-0.4, -0.2) is 30.5 Å². The van der Waals surface area contributed by atoms with E-state index in [9.17, 15) is 13.9 Å². The van der Waals surface area contributed by atoms with Crippen LogP contribution >= 0.6 is 22.4 Å². The SMILES string of the molecule is CC[C@]1(C(C)=O)SCCS1(O)O. The van der Waals surface area contributed by atoms with E-state index in [2.05, 4.69) is 0 Å². The Hall–Kier alpha value is 0.290. The Bertz CT molecular complexity index is 205. The summed E-state index contributed by atoms with van der Waals surface area (Å²) in [5, 5.41) is 0. The minimum atomic E-state index is -2.68. The topological polar surface area (TPSA) is 57.5 Å². The molecule has 1 atom stereocenters. The van der Waals surface area contributed by atoms with Crippen molar-refractivity contribution in [3.05, 3.63) is 0 Å². The molecule has 72 valence electrons. The van der Waals surface area contributed by atoms with Crippen LogP contribution in [0.3, 0.4) is 0 Å². The lowest BCUT2D eigenvalue weighted by molar-refractivity contribution is -0.117. The fraction of sp³-hybridized carbons (Fsp3) is 0.857. The number of rotatable bonds is 2. The first kappa shape index (κ1) is 10.4. The van der Waals surface area contributed by atoms with E-state index in [0.717, 1.165) is 0 Å². The second-order valence-corrected chi connectivity index (χ2v) is 6.97. The number of ketones is 1. The van der Waals surface area contributed by atoms with Gasteiger partial charge >= 0.3 is 0 Å². The molecule has 0 saturated carbocycles. The van der Waals surface area contributed by atoms with Gasteiger partial charge in [-0.1, -0.05) is 6.92 Å². The van der Waals surface area contributed by atoms with Gasteiger partial charge in [-0.3, -0.25) is 13.9 Å². The first-order chi connectivity index (χ1) is 5.46. The van der Waals surface area contributed by atoms with Crippen molar-refractivity contribution in [1.82, 2.24) is 0 Å². The van der Waals surface area contributed by atoms with Crippen LogP contribution in [0.25, 0.3) is 0 Å². The largest absolute Gasteiger partial charge is 0.298 e. The Morgan fingerprint density at radius 1 is 1.67 bits per heavy atom. The van der Waals surface area contributed by atoms with Crippen LogP contribution in [0.4, 0.5) is 0 Å². The number of thioether (sulfide) groups is 1. The quantitative estimate of drug-likeness (QED) is 0.733. The van der Waals surface area contributed by atoms with Crippen LogP contribution in [-0.2, 0) is 4.79 Å². The number of hydrogen-bond donors (Lipinski definition) is 2. The lowest BCUT2D eigenvalue weighted by atomic mass is 10.2. The van der Waals surface area contributed by atoms with Crippen LogP contribution in [0.5, 0.6) is 0 Å². The molecule has 1 aliphatic rings. The smallest absolute Gasteiger partial charge is 0.165 e. The molecule has 5 heteroatoms. The van der Waals surface area contributed by atoms with Gasteiger partial charge in [0, 0.05) is 11.5 Å². The lowest BCUT2D eigenvalue weighted by Crippen LogP contribution is -2.35. The van der Waals surface area contributed by atoms with Crippen molar-refractivity contribution in [2.75, 3.05) is 11.5 Å². The van der Waals surface area contributed by atoms with E-state index >= 15 is 0 Å². The van der Waals surface area contributed by atoms with Crippen molar-refractivity contribution in [2.45, 2.75) is 24.3 Å². The van der Waals surface area contributed by atoms with Crippen LogP contribution in [0.15, 0.2) is 0 Å². The molecular weight excluding hydrogens is 196 g/mol. The zero-order chi connectivity index (χ0) is 9.41. The molecule has 0 aromatic carbocycles. The zero-order valence-electron chi connectivity index (χ0n) is 7.24. The van der Waals surface area contributed by atoms with E-state index in [1.165, 1.54) is 18.7 Å². The molecule has 1 saturated heterocycles. The molecular formula is C7H14O3S2. The Balaban J connectivity index is 3.00. The first-order valence-corrected chi connectivity index (χ1v) is 6.57. The van der Waals surface area contributed by atoms with E-state index in [1.54, 1.807) is 0 Å². The van der Waals surface area contributed by atoms with Gasteiger partial charge in [-0.15, -0.1) is 11.8 Å². The third-order valence-corrected chi connectivity index (χ3v) is 7.50. The average Bonchev–Trinajstić information content (AvgIpc) is 2.25. The third-order valence-electron chi connectivity index (χ3n) is 2.23. The highest BCUT2D eigenvalue weighted by atomic mass is 32.3. The van der Waals surface area contributed by atoms with Crippen LogP contribution < -0.4 is 0 Å². The summed E-state index contributed by atoms with van der Waals surface area (Å²) in [7, 11) is -2.68. The van der Waals surface area contributed by atoms with Gasteiger partial charge in [0.25, 0.3) is 0 Å². The maximum atomic E-state index is 11.3. The van der Waals surface area contributed by atoms with Gasteiger partial charge < -0.3 is 0 Å². The molecule has 0 radical (unpaired) electrons. The monoisotopic (exact) mass is 210 g/mol. The second-order valence-electron chi connectivity index (χ2n) is 2.88. The maximum absolute atomic E-state index is 11.3. The van der Waals surface area contributed by atoms with Gasteiger partial charge in [0.2, 0.25) is 0 Å². The minimum absolute atomic E-state index is 0.104. The minimum Gasteiger partial charge on any atom is -0.298 e. The Morgan fingerprint density at radius 2 is 2.25 bits per heavy atom. The Morgan fingerprint density at radius 3 is 2.42 bits per heavy atom. The molecule has 2 N–H and O–H groups in total. The predicted octanol–water partition coefficient (Wildman–Crippen LogP) is 2.18. The summed E-state index contributed by atoms with van der Waals surface area (Å²) in [5.41, 5.74) is 0. The molecule has 1 fully saturated rings. The summed E-state index contributed by atoms with van der Waals surface area (Å²) in [6.45, 7) is 3.27. The summed E-state index contributed by atoms with van der Waals surface area (Å²) in [6.07, 6.45) is 0.509. The van der Waals surface area contributed by atoms with E-state index in [0.29, 0.717) is 17.9 Å². The van der Waals surface area contributed by atoms with Crippen molar-refractivity contribution in [1.29, 1.82) is 0 Å². The molecule has 1 rings (SSSR count). The van der Waals surface area contributed by atoms with E-state index in [1.807, 2.05) is 6.92 Å². The molecule has 0 amide bonds. The molecule has 0 aliphatic carbocycles. The highest BCUT2D eigenvalue weighted by Gasteiger charge is 2.50. The zero-order valence-corrected chi connectivity index (χ0v) is 8.87. The summed E-state index contributed by atoms with van der Waals surface area (Å²) < 4.78 is 18.4. The second kappa shape index (κ2) is 3.21. The molecule has 12 heavy (non-hydrogen) atoms. The van der Waals surface area contributed by atoms with Crippen molar-refractivity contribution in [3.63, 3.8) is 0 Å². The van der Waals surface area contributed by atoms with Gasteiger partial charge in [0.15, 0.2) is 9.86 Å². The van der Waals surface area contributed by atoms with E-state index in [4.69, 9.17) is 0 Å². The van der Waals surface area contributed by atoms with Crippen molar-refractivity contribution >= 4 is 28.1 Å². The standard InChI is InChI=1S/C7H14O3S2/c1-3-7(6(2)8)11-4-5-12(7,9)10/h9-10H,3-5H2,1-2H3/t7-/m0/s1. The number of carbonyl (C=O) groups is 1. The summed E-state index contributed by atoms with van der Waals surface area (Å²) >= 11 is 1.39. The number of Topliss-reactive ketones (excluding diaryl/α,β-unsaturated/α-hetero) is 1. The van der Waals surface area contributed by atoms with Gasteiger partial charge in [-0.05, 0) is 13.3 Å². The number of hydrogen-bond acceptors (Lipinski definition) is 4. The van der Waals surface area contributed by atoms with Gasteiger partial charge in [0.1, 0.15) is 0 Å². The summed E-state index contributed by atoms with van der Waals surface area (Å²) in [5.74, 6) is 0.938. The van der Waals surface area contributed by atoms with E-state index < -0.39 is 14.7 Å². The Kier molecular flexibility index (Phi) is 2.78. The molecule has 3 nitrogen and oxygen atoms in total. The van der Waals surface area contributed by atoms with Crippen molar-refractivity contribution in [3.8, 4) is 0 Å². The molecule has 1 aliphatic heterocycles. The van der Waals surface area contributed by atoms with E-state index in [-0.39, 0.29) is 5.78 Å². The Labute approximate surface area is 78.3 Å². The fourth-order valence-corrected chi connectivity index (χ4v) is 6.00. The highest BCUT2D eigenvalue weighted by Crippen LogP contribution is 2.65. The van der Waals surface area contributed by atoms with Gasteiger partial charge in [-0.25, -0.2) is 0 Å². The van der Waals surface area contributed by atoms with Crippen LogP contribution in [0, 0.1) is 0 Å². The number of carbonyl (C=O) groups excluding carboxylic acids is 1. The van der Waals surface area contributed by atoms with Gasteiger partial charge in [0.05, 0.1) is 0 Å². The first-order valence-electron chi connectivity index (χ1n) is 3.87. The fourth-order valence-electron chi connectivity index (χ4n) is 1.50. The molecule has 0 aromatic heterocycles. The molecule has 0 aromatic rings. The van der Waals surface area contributed by atoms with Crippen LogP contribution in [0.1, 0.15) is 20.3 Å².